The number of fused-ring (bicyclic) bond motifs is 7. The first-order chi connectivity index (χ1) is 39.8. The van der Waals surface area contributed by atoms with Gasteiger partial charge in [-0.25, -0.2) is 0 Å². The number of esters is 1. The number of carbonyl (C=O) groups is 1. The second-order valence-electron chi connectivity index (χ2n) is 28.3. The molecule has 0 aromatic carbocycles. The first-order valence-electron chi connectivity index (χ1n) is 30.2. The van der Waals surface area contributed by atoms with Crippen LogP contribution in [0.2, 0.25) is 0 Å². The fourth-order valence-electron chi connectivity index (χ4n) is 17.5. The van der Waals surface area contributed by atoms with Crippen molar-refractivity contribution in [1.82, 2.24) is 0 Å². The average molecular weight is 1220 g/mol. The summed E-state index contributed by atoms with van der Waals surface area (Å²) in [5.41, 5.74) is -5.17. The maximum absolute atomic E-state index is 15.6. The molecule has 32 atom stereocenters. The second kappa shape index (κ2) is 24.0. The highest BCUT2D eigenvalue weighted by Crippen LogP contribution is 2.76. The Kier molecular flexibility index (Phi) is 18.7. The smallest absolute Gasteiger partial charge is 0.315 e. The lowest BCUT2D eigenvalue weighted by Gasteiger charge is -2.72. The maximum Gasteiger partial charge on any atom is 0.315 e. The lowest BCUT2D eigenvalue weighted by Crippen LogP contribution is -2.69. The van der Waals surface area contributed by atoms with E-state index in [-0.39, 0.29) is 29.6 Å². The summed E-state index contributed by atoms with van der Waals surface area (Å²) in [6, 6.07) is 0. The largest absolute Gasteiger partial charge is 0.432 e. The minimum absolute atomic E-state index is 0.0604. The SMILES string of the molecule is C[C@@H]1O[C@@H](O[C@H]2[C@H](OC(=O)[C@]34CCC(C)(C)C[C@H]3C3=CC[C@@H]5[C@@]6(C)C[C@H](O)[C@H](O[C@@H]7O[C@H](CO)[C@@H](O)[C@H](O)[C@H]7O)[C@@](C)(CO)[C@@H]6CC[C@@]5(C)[C@]3(C)CC4)O[C@H](CO)[C@@H](O)[C@@H]2O)[C@H](O)[C@H](O[C@@H]2OC[C@](O)(CO)[C@H]2O)[C@H]1O[C@H]1OC[C@@H](O)[C@H](O)[C@H]1O. The average Bonchev–Trinajstić information content (AvgIpc) is 0.996. The molecule has 5 aliphatic heterocycles. The summed E-state index contributed by atoms with van der Waals surface area (Å²) in [7, 11) is 0. The number of allylic oxidation sites excluding steroid dienone is 2. The molecule has 10 aliphatic rings. The number of aliphatic hydroxyl groups is 16. The molecule has 0 aromatic heterocycles. The van der Waals surface area contributed by atoms with Gasteiger partial charge in [-0.05, 0) is 104 Å². The number of hydrogen-bond acceptors (Lipinski definition) is 27. The molecule has 0 unspecified atom stereocenters. The molecule has 27 heteroatoms. The van der Waals surface area contributed by atoms with Gasteiger partial charge in [0.15, 0.2) is 31.3 Å². The van der Waals surface area contributed by atoms with Crippen molar-refractivity contribution in [3.63, 3.8) is 0 Å². The van der Waals surface area contributed by atoms with Crippen molar-refractivity contribution in [2.75, 3.05) is 39.6 Å². The van der Waals surface area contributed by atoms with E-state index < -0.39 is 220 Å². The lowest BCUT2D eigenvalue weighted by molar-refractivity contribution is -0.385. The van der Waals surface area contributed by atoms with Crippen LogP contribution in [0.25, 0.3) is 0 Å². The zero-order chi connectivity index (χ0) is 62.1. The summed E-state index contributed by atoms with van der Waals surface area (Å²) in [6.07, 6.45) is -30.9. The number of carbonyl (C=O) groups excluding carboxylic acids is 1. The molecule has 488 valence electrons. The van der Waals surface area contributed by atoms with Crippen molar-refractivity contribution in [2.45, 2.75) is 253 Å². The van der Waals surface area contributed by atoms with Gasteiger partial charge in [-0.15, -0.1) is 0 Å². The van der Waals surface area contributed by atoms with E-state index in [0.717, 1.165) is 5.57 Å². The van der Waals surface area contributed by atoms with E-state index in [1.54, 1.807) is 0 Å². The zero-order valence-corrected chi connectivity index (χ0v) is 49.3. The van der Waals surface area contributed by atoms with Crippen molar-refractivity contribution in [3.05, 3.63) is 11.6 Å². The maximum atomic E-state index is 15.6. The van der Waals surface area contributed by atoms with Crippen LogP contribution in [0.3, 0.4) is 0 Å². The van der Waals surface area contributed by atoms with E-state index in [0.29, 0.717) is 51.4 Å². The van der Waals surface area contributed by atoms with E-state index in [1.807, 2.05) is 6.92 Å². The minimum atomic E-state index is -2.19. The third-order valence-electron chi connectivity index (χ3n) is 22.9. The Morgan fingerprint density at radius 2 is 1.20 bits per heavy atom. The Morgan fingerprint density at radius 1 is 0.588 bits per heavy atom. The molecule has 0 bridgehead atoms. The van der Waals surface area contributed by atoms with Gasteiger partial charge < -0.3 is 129 Å². The molecule has 27 nitrogen and oxygen atoms in total. The van der Waals surface area contributed by atoms with Crippen LogP contribution >= 0.6 is 0 Å². The van der Waals surface area contributed by atoms with Crippen molar-refractivity contribution in [3.8, 4) is 0 Å². The molecule has 0 spiro atoms. The van der Waals surface area contributed by atoms with Gasteiger partial charge in [-0.1, -0.05) is 53.2 Å². The first-order valence-corrected chi connectivity index (χ1v) is 30.2. The van der Waals surface area contributed by atoms with Gasteiger partial charge in [-0.3, -0.25) is 4.79 Å². The number of hydrogen-bond donors (Lipinski definition) is 16. The van der Waals surface area contributed by atoms with Crippen LogP contribution in [0.5, 0.6) is 0 Å². The quantitative estimate of drug-likeness (QED) is 0.0448. The normalized spacial score (nSPS) is 55.1. The highest BCUT2D eigenvalue weighted by atomic mass is 16.8. The van der Waals surface area contributed by atoms with Gasteiger partial charge in [0, 0.05) is 5.41 Å². The molecular formula is C58H94O27. The molecule has 85 heavy (non-hydrogen) atoms. The topological polar surface area (TPSA) is 433 Å². The predicted molar refractivity (Wildman–Crippen MR) is 285 cm³/mol. The van der Waals surface area contributed by atoms with Gasteiger partial charge in [-0.2, -0.15) is 0 Å². The number of rotatable bonds is 14. The Morgan fingerprint density at radius 3 is 1.85 bits per heavy atom. The third-order valence-corrected chi connectivity index (χ3v) is 22.9. The van der Waals surface area contributed by atoms with Gasteiger partial charge in [0.25, 0.3) is 0 Å². The Hall–Kier alpha value is -1.79. The second-order valence-corrected chi connectivity index (χ2v) is 28.3. The van der Waals surface area contributed by atoms with Crippen LogP contribution in [0.15, 0.2) is 11.6 Å². The van der Waals surface area contributed by atoms with Crippen molar-refractivity contribution in [2.24, 2.45) is 50.2 Å². The summed E-state index contributed by atoms with van der Waals surface area (Å²) in [5.74, 6) is -1.37. The van der Waals surface area contributed by atoms with E-state index in [2.05, 4.69) is 40.7 Å². The monoisotopic (exact) mass is 1220 g/mol. The molecule has 5 saturated heterocycles. The lowest BCUT2D eigenvalue weighted by atomic mass is 9.33. The number of aliphatic hydroxyl groups excluding tert-OH is 15. The van der Waals surface area contributed by atoms with Gasteiger partial charge in [0.05, 0.1) is 63.4 Å². The molecule has 0 amide bonds. The zero-order valence-electron chi connectivity index (χ0n) is 49.3. The summed E-state index contributed by atoms with van der Waals surface area (Å²) >= 11 is 0. The van der Waals surface area contributed by atoms with E-state index in [1.165, 1.54) is 6.92 Å². The van der Waals surface area contributed by atoms with Crippen LogP contribution in [-0.2, 0) is 52.2 Å². The fraction of sp³-hybridized carbons (Fsp3) is 0.948. The van der Waals surface area contributed by atoms with Crippen LogP contribution in [0.1, 0.15) is 106 Å². The summed E-state index contributed by atoms with van der Waals surface area (Å²) in [5, 5.41) is 175. The van der Waals surface area contributed by atoms with E-state index in [4.69, 9.17) is 47.4 Å². The third kappa shape index (κ3) is 10.8. The van der Waals surface area contributed by atoms with Crippen LogP contribution in [-0.4, -0.2) is 274 Å². The molecule has 0 aromatic rings. The Labute approximate surface area is 493 Å². The molecule has 4 saturated carbocycles. The van der Waals surface area contributed by atoms with Crippen LogP contribution in [0, 0.1) is 50.2 Å². The van der Waals surface area contributed by atoms with Crippen LogP contribution < -0.4 is 0 Å². The summed E-state index contributed by atoms with van der Waals surface area (Å²) in [6.45, 7) is 10.4. The van der Waals surface area contributed by atoms with Crippen molar-refractivity contribution in [1.29, 1.82) is 0 Å². The van der Waals surface area contributed by atoms with Crippen molar-refractivity contribution < 1.29 is 134 Å². The van der Waals surface area contributed by atoms with Crippen molar-refractivity contribution >= 4 is 5.97 Å². The molecule has 5 heterocycles. The first kappa shape index (κ1) is 66.1. The van der Waals surface area contributed by atoms with Gasteiger partial charge >= 0.3 is 5.97 Å². The van der Waals surface area contributed by atoms with E-state index >= 15 is 4.79 Å². The van der Waals surface area contributed by atoms with E-state index in [9.17, 15) is 81.7 Å². The highest BCUT2D eigenvalue weighted by molar-refractivity contribution is 5.79. The highest BCUT2D eigenvalue weighted by Gasteiger charge is 2.72. The molecular weight excluding hydrogens is 1130 g/mol. The molecule has 5 aliphatic carbocycles. The Balaban J connectivity index is 0.917. The molecule has 9 fully saturated rings. The van der Waals surface area contributed by atoms with Crippen LogP contribution in [0.4, 0.5) is 0 Å². The summed E-state index contributed by atoms with van der Waals surface area (Å²) in [4.78, 5) is 15.6. The summed E-state index contributed by atoms with van der Waals surface area (Å²) < 4.78 is 60.1. The predicted octanol–water partition coefficient (Wildman–Crippen LogP) is -3.96. The Bertz CT molecular complexity index is 2390. The van der Waals surface area contributed by atoms with Gasteiger partial charge in [0.2, 0.25) is 6.29 Å². The molecule has 16 N–H and O–H groups in total. The number of ether oxygens (including phenoxy) is 10. The fourth-order valence-corrected chi connectivity index (χ4v) is 17.5. The molecule has 10 rings (SSSR count). The minimum Gasteiger partial charge on any atom is -0.432 e. The van der Waals surface area contributed by atoms with Gasteiger partial charge in [0.1, 0.15) is 91.1 Å². The molecule has 0 radical (unpaired) electrons. The standard InChI is InChI=1S/C58H94O27/c1-24-41(81-46-38(70)33(65)28(64)20-76-46)42(82-50-44(73)58(75,22-62)23-77-50)40(72)48(78-24)83-43-37(69)35(67)30(19-60)80-49(43)85-51(74)57-14-12-52(2,3)16-26(57)25-8-9-32-53(4)17-27(63)45(84-47-39(71)36(68)34(66)29(18-59)79-47)54(5,21-61)31(53)10-11-56(32,7)55(25,6)13-15-57/h8,24,26-50,59-73,75H,9-23H2,1-7H3/t24-,26-,27-,28+,29+,30+,31+,32+,33-,34+,35+,36-,37-,38+,39+,40+,41-,42-,43+,44-,45-,46+,47-,48-,49-,50-,53-,54-,55+,56+,57-,58+/m0/s1.